The second-order valence-corrected chi connectivity index (χ2v) is 18.6. The van der Waals surface area contributed by atoms with Gasteiger partial charge >= 0.3 is 11.6 Å². The molecular formula is C47H62N12O4S. The third-order valence-corrected chi connectivity index (χ3v) is 12.0. The van der Waals surface area contributed by atoms with E-state index in [2.05, 4.69) is 117 Å². The van der Waals surface area contributed by atoms with Crippen molar-refractivity contribution < 1.29 is 18.0 Å². The first-order valence-corrected chi connectivity index (χ1v) is 22.5. The number of amides is 2. The topological polar surface area (TPSA) is 201 Å². The molecule has 5 N–H and O–H groups in total. The molecule has 2 aliphatic carbocycles. The van der Waals surface area contributed by atoms with Crippen LogP contribution in [0.4, 0.5) is 11.4 Å². The molecule has 8 rings (SSSR count). The molecule has 2 unspecified atom stereocenters. The number of anilines is 2. The molecule has 2 aliphatic rings. The standard InChI is InChI=1S/C24H32N6O.C23H30N6O.O2S/c1-24(2)12-10-19-20(14-24)27-28-22(19)23(31)26-18-15-25-30(16-18)21(11-13-29(3)4)17-8-6-5-7-9-17;1-23(2)11-9-18-19(13-23)27-28-21(18)22(30)26-17-14-25-29(15-17)20(10-12-24-3)16-7-5-4-6-8-16;1-3-2/h5-9,15-16,21H,10-14H2,1-4H3,(H,26,31)(H,27,28);4-8,14-15,20,24H,9-13H2,1-3H3,(H,26,30)(H,27,28);. The van der Waals surface area contributed by atoms with Crippen LogP contribution in [0.2, 0.25) is 0 Å². The van der Waals surface area contributed by atoms with Crippen LogP contribution in [0.25, 0.3) is 0 Å². The highest BCUT2D eigenvalue weighted by Gasteiger charge is 2.32. The fourth-order valence-corrected chi connectivity index (χ4v) is 8.51. The maximum atomic E-state index is 12.9. The zero-order valence-electron chi connectivity index (χ0n) is 38.0. The van der Waals surface area contributed by atoms with Crippen molar-refractivity contribution >= 4 is 34.8 Å². The van der Waals surface area contributed by atoms with Gasteiger partial charge in [-0.3, -0.25) is 29.2 Å². The van der Waals surface area contributed by atoms with Gasteiger partial charge in [-0.25, -0.2) is 0 Å². The van der Waals surface area contributed by atoms with E-state index in [9.17, 15) is 9.59 Å². The molecular weight excluding hydrogens is 829 g/mol. The number of rotatable bonds is 14. The normalized spacial score (nSPS) is 15.6. The first-order chi connectivity index (χ1) is 30.7. The van der Waals surface area contributed by atoms with E-state index in [0.717, 1.165) is 87.0 Å². The van der Waals surface area contributed by atoms with Crippen LogP contribution in [-0.2, 0) is 37.3 Å². The Kier molecular flexibility index (Phi) is 16.0. The van der Waals surface area contributed by atoms with Crippen LogP contribution in [0.3, 0.4) is 0 Å². The quantitative estimate of drug-likeness (QED) is 0.0774. The summed E-state index contributed by atoms with van der Waals surface area (Å²) < 4.78 is 20.4. The lowest BCUT2D eigenvalue weighted by atomic mass is 9.76. The molecule has 4 aromatic heterocycles. The number of H-pyrrole nitrogens is 2. The summed E-state index contributed by atoms with van der Waals surface area (Å²) in [7, 11) is 6.09. The Morgan fingerprint density at radius 3 is 1.55 bits per heavy atom. The van der Waals surface area contributed by atoms with Gasteiger partial charge in [0, 0.05) is 34.9 Å². The second kappa shape index (κ2) is 21.6. The predicted octanol–water partition coefficient (Wildman–Crippen LogP) is 6.82. The molecule has 17 heteroatoms. The van der Waals surface area contributed by atoms with Crippen LogP contribution in [-0.4, -0.2) is 99.3 Å². The Hall–Kier alpha value is -6.04. The number of hydrogen-bond donors (Lipinski definition) is 5. The molecule has 2 atom stereocenters. The summed E-state index contributed by atoms with van der Waals surface area (Å²) in [4.78, 5) is 28.0. The van der Waals surface area contributed by atoms with E-state index in [1.807, 2.05) is 65.2 Å². The molecule has 2 aromatic carbocycles. The van der Waals surface area contributed by atoms with Crippen molar-refractivity contribution in [3.05, 3.63) is 130 Å². The largest absolute Gasteiger partial charge is 0.335 e. The Balaban J connectivity index is 0.000000200. The second-order valence-electron chi connectivity index (χ2n) is 18.5. The summed E-state index contributed by atoms with van der Waals surface area (Å²) in [6, 6.07) is 20.9. The van der Waals surface area contributed by atoms with Gasteiger partial charge < -0.3 is 20.9 Å². The predicted molar refractivity (Wildman–Crippen MR) is 249 cm³/mol. The highest BCUT2D eigenvalue weighted by Crippen LogP contribution is 2.36. The third-order valence-electron chi connectivity index (χ3n) is 12.0. The van der Waals surface area contributed by atoms with Crippen LogP contribution < -0.4 is 16.0 Å². The smallest absolute Gasteiger partial charge is 0.320 e. The molecule has 0 fully saturated rings. The minimum absolute atomic E-state index is 0.102. The minimum atomic E-state index is -0.750. The van der Waals surface area contributed by atoms with E-state index in [4.69, 9.17) is 8.42 Å². The molecule has 4 heterocycles. The van der Waals surface area contributed by atoms with E-state index >= 15 is 0 Å². The molecule has 0 spiro atoms. The molecule has 2 amide bonds. The van der Waals surface area contributed by atoms with Gasteiger partial charge in [-0.15, -0.1) is 0 Å². The van der Waals surface area contributed by atoms with Crippen molar-refractivity contribution in [2.45, 2.75) is 91.1 Å². The Bertz CT molecular complexity index is 2480. The molecule has 0 bridgehead atoms. The summed E-state index contributed by atoms with van der Waals surface area (Å²) >= 11 is -0.750. The fourth-order valence-electron chi connectivity index (χ4n) is 8.51. The zero-order chi connectivity index (χ0) is 45.9. The summed E-state index contributed by atoms with van der Waals surface area (Å²) in [5.41, 5.74) is 9.53. The van der Waals surface area contributed by atoms with Crippen LogP contribution in [0.5, 0.6) is 0 Å². The number of benzene rings is 2. The van der Waals surface area contributed by atoms with E-state index in [1.54, 1.807) is 12.4 Å². The number of hydrogen-bond acceptors (Lipinski definition) is 10. The number of nitrogens with zero attached hydrogens (tertiary/aromatic N) is 7. The molecule has 16 nitrogen and oxygen atoms in total. The summed E-state index contributed by atoms with van der Waals surface area (Å²) in [6.07, 6.45) is 14.8. The van der Waals surface area contributed by atoms with Crippen molar-refractivity contribution in [1.82, 2.24) is 50.2 Å². The summed E-state index contributed by atoms with van der Waals surface area (Å²) in [5, 5.41) is 33.1. The van der Waals surface area contributed by atoms with Gasteiger partial charge in [0.25, 0.3) is 11.8 Å². The average molecular weight is 891 g/mol. The highest BCUT2D eigenvalue weighted by atomic mass is 32.1. The van der Waals surface area contributed by atoms with E-state index in [0.29, 0.717) is 22.8 Å². The van der Waals surface area contributed by atoms with Gasteiger partial charge in [0.2, 0.25) is 0 Å². The Morgan fingerprint density at radius 2 is 1.14 bits per heavy atom. The van der Waals surface area contributed by atoms with Crippen molar-refractivity contribution in [3.63, 3.8) is 0 Å². The van der Waals surface area contributed by atoms with Gasteiger partial charge in [0.05, 0.1) is 35.9 Å². The molecule has 0 aliphatic heterocycles. The first-order valence-electron chi connectivity index (χ1n) is 21.8. The van der Waals surface area contributed by atoms with Crippen LogP contribution >= 0.6 is 0 Å². The lowest BCUT2D eigenvalue weighted by molar-refractivity contribution is 0.101. The van der Waals surface area contributed by atoms with Crippen molar-refractivity contribution in [1.29, 1.82) is 0 Å². The fraction of sp³-hybridized carbons (Fsp3) is 0.447. The molecule has 0 saturated carbocycles. The number of nitrogens with one attached hydrogen (secondary N) is 5. The lowest BCUT2D eigenvalue weighted by Crippen LogP contribution is -2.23. The van der Waals surface area contributed by atoms with Crippen LogP contribution in [0, 0.1) is 10.8 Å². The van der Waals surface area contributed by atoms with Crippen LogP contribution in [0.1, 0.15) is 120 Å². The molecule has 340 valence electrons. The van der Waals surface area contributed by atoms with E-state index in [-0.39, 0.29) is 34.7 Å². The monoisotopic (exact) mass is 890 g/mol. The minimum Gasteiger partial charge on any atom is -0.320 e. The average Bonchev–Trinajstić information content (AvgIpc) is 4.09. The van der Waals surface area contributed by atoms with E-state index < -0.39 is 11.6 Å². The lowest BCUT2D eigenvalue weighted by Gasteiger charge is -2.28. The number of carbonyl (C=O) groups excluding carboxylic acids is 2. The number of fused-ring (bicyclic) bond motifs is 2. The van der Waals surface area contributed by atoms with E-state index in [1.165, 1.54) is 11.1 Å². The van der Waals surface area contributed by atoms with Gasteiger partial charge in [0.15, 0.2) is 11.4 Å². The highest BCUT2D eigenvalue weighted by molar-refractivity contribution is 7.51. The molecule has 64 heavy (non-hydrogen) atoms. The third kappa shape index (κ3) is 12.4. The van der Waals surface area contributed by atoms with Crippen LogP contribution in [0.15, 0.2) is 85.5 Å². The van der Waals surface area contributed by atoms with Crippen molar-refractivity contribution in [3.8, 4) is 0 Å². The Morgan fingerprint density at radius 1 is 0.719 bits per heavy atom. The zero-order valence-corrected chi connectivity index (χ0v) is 38.8. The van der Waals surface area contributed by atoms with Gasteiger partial charge in [-0.05, 0) is 108 Å². The van der Waals surface area contributed by atoms with Crippen molar-refractivity contribution in [2.24, 2.45) is 10.8 Å². The van der Waals surface area contributed by atoms with Crippen molar-refractivity contribution in [2.75, 3.05) is 44.9 Å². The molecule has 0 saturated heterocycles. The SMILES string of the molecule is CN(C)CCC(c1ccccc1)n1cc(NC(=O)c2n[nH]c3c2CCC(C)(C)C3)cn1.CNCCC(c1ccccc1)n1cc(NC(=O)c2n[nH]c3c2CCC(C)(C)C3)cn1.O=S=O. The van der Waals surface area contributed by atoms with Gasteiger partial charge in [-0.2, -0.15) is 28.8 Å². The first kappa shape index (κ1) is 47.4. The molecule has 0 radical (unpaired) electrons. The molecule has 6 aromatic rings. The number of aromatic amines is 2. The number of aromatic nitrogens is 8. The summed E-state index contributed by atoms with van der Waals surface area (Å²) in [6.45, 7) is 10.8. The van der Waals surface area contributed by atoms with Gasteiger partial charge in [0.1, 0.15) is 0 Å². The van der Waals surface area contributed by atoms with Gasteiger partial charge in [-0.1, -0.05) is 88.4 Å². The number of carbonyl (C=O) groups is 2. The maximum absolute atomic E-state index is 12.9. The maximum Gasteiger partial charge on any atom is 0.335 e. The Labute approximate surface area is 379 Å². The summed E-state index contributed by atoms with van der Waals surface area (Å²) in [5.74, 6) is -0.362.